The summed E-state index contributed by atoms with van der Waals surface area (Å²) in [5.74, 6) is 0.510. The van der Waals surface area contributed by atoms with Crippen molar-refractivity contribution >= 4 is 35.2 Å². The van der Waals surface area contributed by atoms with Crippen LogP contribution in [0.3, 0.4) is 0 Å². The van der Waals surface area contributed by atoms with Crippen molar-refractivity contribution in [2.24, 2.45) is 0 Å². The lowest BCUT2D eigenvalue weighted by molar-refractivity contribution is -0.142. The van der Waals surface area contributed by atoms with Crippen LogP contribution < -0.4 is 10.1 Å². The number of hydrogen-bond acceptors (Lipinski definition) is 4. The highest BCUT2D eigenvalue weighted by atomic mass is 35.5. The second kappa shape index (κ2) is 11.0. The van der Waals surface area contributed by atoms with Gasteiger partial charge in [-0.1, -0.05) is 48.0 Å². The summed E-state index contributed by atoms with van der Waals surface area (Å²) < 4.78 is 10.7. The molecule has 0 aliphatic rings. The van der Waals surface area contributed by atoms with Gasteiger partial charge in [0, 0.05) is 11.8 Å². The van der Waals surface area contributed by atoms with Crippen molar-refractivity contribution in [1.82, 2.24) is 0 Å². The second-order valence-electron chi connectivity index (χ2n) is 6.61. The highest BCUT2D eigenvalue weighted by Crippen LogP contribution is 2.31. The fourth-order valence-corrected chi connectivity index (χ4v) is 3.01. The fraction of sp³-hybridized carbons (Fsp3) is 0.120. The van der Waals surface area contributed by atoms with Crippen LogP contribution in [0.5, 0.6) is 11.5 Å². The molecule has 0 aliphatic carbocycles. The largest absolute Gasteiger partial charge is 0.466 e. The quantitative estimate of drug-likeness (QED) is 0.354. The van der Waals surface area contributed by atoms with Crippen molar-refractivity contribution in [1.29, 1.82) is 0 Å². The highest BCUT2D eigenvalue weighted by Gasteiger charge is 2.09. The van der Waals surface area contributed by atoms with Gasteiger partial charge in [-0.3, -0.25) is 9.59 Å². The number of halogens is 1. The number of esters is 1. The van der Waals surface area contributed by atoms with E-state index in [1.165, 1.54) is 6.08 Å². The Morgan fingerprint density at radius 1 is 1.00 bits per heavy atom. The number of hydrogen-bond donors (Lipinski definition) is 1. The Balaban J connectivity index is 1.57. The van der Waals surface area contributed by atoms with Crippen molar-refractivity contribution in [2.75, 3.05) is 11.9 Å². The Hall–Kier alpha value is -3.57. The first kappa shape index (κ1) is 22.1. The molecule has 0 heterocycles. The predicted octanol–water partition coefficient (Wildman–Crippen LogP) is 5.89. The maximum absolute atomic E-state index is 12.1. The van der Waals surface area contributed by atoms with Crippen LogP contribution in [0.15, 0.2) is 78.9 Å². The maximum Gasteiger partial charge on any atom is 0.310 e. The summed E-state index contributed by atoms with van der Waals surface area (Å²) >= 11 is 6.28. The minimum absolute atomic E-state index is 0.154. The number of benzene rings is 3. The molecule has 31 heavy (non-hydrogen) atoms. The zero-order chi connectivity index (χ0) is 22.1. The number of carbonyl (C=O) groups is 2. The summed E-state index contributed by atoms with van der Waals surface area (Å²) in [6.45, 7) is 2.10. The molecule has 0 spiro atoms. The van der Waals surface area contributed by atoms with Crippen LogP contribution >= 0.6 is 11.6 Å². The highest BCUT2D eigenvalue weighted by molar-refractivity contribution is 6.32. The molecule has 0 aliphatic heterocycles. The molecule has 0 atom stereocenters. The smallest absolute Gasteiger partial charge is 0.310 e. The van der Waals surface area contributed by atoms with Crippen LogP contribution in [0.4, 0.5) is 5.69 Å². The Morgan fingerprint density at radius 2 is 1.74 bits per heavy atom. The van der Waals surface area contributed by atoms with Gasteiger partial charge in [0.05, 0.1) is 18.1 Å². The lowest BCUT2D eigenvalue weighted by Crippen LogP contribution is -2.07. The summed E-state index contributed by atoms with van der Waals surface area (Å²) in [5, 5.41) is 3.19. The van der Waals surface area contributed by atoms with Gasteiger partial charge in [-0.05, 0) is 60.5 Å². The SMILES string of the molecule is CCOC(=O)Cc1ccc(Oc2ccc(NC(=O)/C=C/c3ccccc3)cc2)c(Cl)c1. The Bertz CT molecular complexity index is 1060. The molecule has 0 fully saturated rings. The van der Waals surface area contributed by atoms with E-state index in [9.17, 15) is 9.59 Å². The van der Waals surface area contributed by atoms with Crippen molar-refractivity contribution in [3.63, 3.8) is 0 Å². The first-order valence-electron chi connectivity index (χ1n) is 9.79. The van der Waals surface area contributed by atoms with E-state index in [4.69, 9.17) is 21.1 Å². The predicted molar refractivity (Wildman–Crippen MR) is 122 cm³/mol. The zero-order valence-corrected chi connectivity index (χ0v) is 17.8. The molecule has 0 unspecified atom stereocenters. The normalized spacial score (nSPS) is 10.6. The summed E-state index contributed by atoms with van der Waals surface area (Å²) in [6.07, 6.45) is 3.39. The lowest BCUT2D eigenvalue weighted by Gasteiger charge is -2.10. The molecule has 0 aromatic heterocycles. The van der Waals surface area contributed by atoms with E-state index in [1.54, 1.807) is 55.5 Å². The average molecular weight is 436 g/mol. The molecule has 3 aromatic carbocycles. The monoisotopic (exact) mass is 435 g/mol. The molecule has 0 radical (unpaired) electrons. The van der Waals surface area contributed by atoms with Crippen molar-refractivity contribution in [3.8, 4) is 11.5 Å². The van der Waals surface area contributed by atoms with E-state index < -0.39 is 0 Å². The lowest BCUT2D eigenvalue weighted by atomic mass is 10.1. The van der Waals surface area contributed by atoms with Crippen LogP contribution in [0.25, 0.3) is 6.08 Å². The summed E-state index contributed by atoms with van der Waals surface area (Å²) in [5.41, 5.74) is 2.34. The molecule has 158 valence electrons. The van der Waals surface area contributed by atoms with Gasteiger partial charge < -0.3 is 14.8 Å². The van der Waals surface area contributed by atoms with E-state index in [0.717, 1.165) is 11.1 Å². The van der Waals surface area contributed by atoms with E-state index in [1.807, 2.05) is 30.3 Å². The minimum Gasteiger partial charge on any atom is -0.466 e. The van der Waals surface area contributed by atoms with Gasteiger partial charge in [0.25, 0.3) is 0 Å². The topological polar surface area (TPSA) is 64.6 Å². The standard InChI is InChI=1S/C25H22ClNO4/c1-2-30-25(29)17-19-8-14-23(22(26)16-19)31-21-12-10-20(11-13-21)27-24(28)15-9-18-6-4-3-5-7-18/h3-16H,2,17H2,1H3,(H,27,28)/b15-9+. The molecule has 1 amide bonds. The van der Waals surface area contributed by atoms with Gasteiger partial charge in [0.2, 0.25) is 5.91 Å². The molecule has 6 heteroatoms. The van der Waals surface area contributed by atoms with Gasteiger partial charge in [-0.2, -0.15) is 0 Å². The van der Waals surface area contributed by atoms with Gasteiger partial charge in [-0.15, -0.1) is 0 Å². The van der Waals surface area contributed by atoms with E-state index in [2.05, 4.69) is 5.32 Å². The van der Waals surface area contributed by atoms with Gasteiger partial charge in [0.1, 0.15) is 11.5 Å². The Labute approximate surface area is 186 Å². The van der Waals surface area contributed by atoms with Crippen LogP contribution in [0, 0.1) is 0 Å². The maximum atomic E-state index is 12.1. The molecular weight excluding hydrogens is 414 g/mol. The van der Waals surface area contributed by atoms with Crippen LogP contribution in [0.2, 0.25) is 5.02 Å². The number of carbonyl (C=O) groups excluding carboxylic acids is 2. The second-order valence-corrected chi connectivity index (χ2v) is 7.01. The van der Waals surface area contributed by atoms with E-state index in [0.29, 0.717) is 28.8 Å². The van der Waals surface area contributed by atoms with E-state index in [-0.39, 0.29) is 18.3 Å². The van der Waals surface area contributed by atoms with Crippen LogP contribution in [-0.2, 0) is 20.7 Å². The number of ether oxygens (including phenoxy) is 2. The Morgan fingerprint density at radius 3 is 2.42 bits per heavy atom. The number of nitrogens with one attached hydrogen (secondary N) is 1. The third-order valence-electron chi connectivity index (χ3n) is 4.23. The number of anilines is 1. The molecule has 3 aromatic rings. The molecule has 5 nitrogen and oxygen atoms in total. The number of amides is 1. The summed E-state index contributed by atoms with van der Waals surface area (Å²) in [7, 11) is 0. The van der Waals surface area contributed by atoms with Crippen molar-refractivity contribution in [3.05, 3.63) is 95.0 Å². The minimum atomic E-state index is -0.302. The molecular formula is C25H22ClNO4. The van der Waals surface area contributed by atoms with Gasteiger partial charge in [-0.25, -0.2) is 0 Å². The van der Waals surface area contributed by atoms with Crippen LogP contribution in [0.1, 0.15) is 18.1 Å². The molecule has 0 bridgehead atoms. The van der Waals surface area contributed by atoms with Crippen LogP contribution in [-0.4, -0.2) is 18.5 Å². The summed E-state index contributed by atoms with van der Waals surface area (Å²) in [6, 6.07) is 21.7. The Kier molecular flexibility index (Phi) is 7.85. The van der Waals surface area contributed by atoms with Crippen molar-refractivity contribution < 1.29 is 19.1 Å². The van der Waals surface area contributed by atoms with E-state index >= 15 is 0 Å². The van der Waals surface area contributed by atoms with Gasteiger partial charge >= 0.3 is 5.97 Å². The fourth-order valence-electron chi connectivity index (χ4n) is 2.77. The molecule has 1 N–H and O–H groups in total. The molecule has 0 saturated carbocycles. The average Bonchev–Trinajstić information content (AvgIpc) is 2.76. The van der Waals surface area contributed by atoms with Crippen molar-refractivity contribution in [2.45, 2.75) is 13.3 Å². The molecule has 3 rings (SSSR count). The first-order valence-corrected chi connectivity index (χ1v) is 10.2. The third kappa shape index (κ3) is 7.01. The zero-order valence-electron chi connectivity index (χ0n) is 17.0. The number of rotatable bonds is 8. The third-order valence-corrected chi connectivity index (χ3v) is 4.52. The molecule has 0 saturated heterocycles. The first-order chi connectivity index (χ1) is 15.0. The summed E-state index contributed by atoms with van der Waals surface area (Å²) in [4.78, 5) is 23.7. The van der Waals surface area contributed by atoms with Gasteiger partial charge in [0.15, 0.2) is 0 Å².